The summed E-state index contributed by atoms with van der Waals surface area (Å²) < 4.78 is 0. The van der Waals surface area contributed by atoms with Gasteiger partial charge in [0.25, 0.3) is 0 Å². The number of aryl methyl sites for hydroxylation is 1. The first kappa shape index (κ1) is 16.9. The molecule has 1 N–H and O–H groups in total. The van der Waals surface area contributed by atoms with Gasteiger partial charge in [-0.25, -0.2) is 4.98 Å². The van der Waals surface area contributed by atoms with Gasteiger partial charge in [-0.3, -0.25) is 0 Å². The molecule has 2 heterocycles. The predicted octanol–water partition coefficient (Wildman–Crippen LogP) is 3.88. The Morgan fingerprint density at radius 1 is 1.38 bits per heavy atom. The summed E-state index contributed by atoms with van der Waals surface area (Å²) in [7, 11) is 2.26. The molecular formula is C17H31N3S. The second-order valence-corrected chi connectivity index (χ2v) is 8.51. The van der Waals surface area contributed by atoms with Gasteiger partial charge in [0.05, 0.1) is 10.7 Å². The van der Waals surface area contributed by atoms with Crippen LogP contribution in [0, 0.1) is 6.92 Å². The van der Waals surface area contributed by atoms with Crippen molar-refractivity contribution in [3.8, 4) is 0 Å². The Kier molecular flexibility index (Phi) is 5.44. The van der Waals surface area contributed by atoms with Crippen molar-refractivity contribution in [2.45, 2.75) is 71.4 Å². The lowest BCUT2D eigenvalue weighted by atomic mass is 9.98. The molecule has 0 spiro atoms. The van der Waals surface area contributed by atoms with E-state index < -0.39 is 0 Å². The fraction of sp³-hybridized carbons (Fsp3) is 0.824. The molecule has 1 aromatic rings. The third-order valence-electron chi connectivity index (χ3n) is 4.45. The Labute approximate surface area is 134 Å². The van der Waals surface area contributed by atoms with Crippen LogP contribution >= 0.6 is 11.3 Å². The van der Waals surface area contributed by atoms with Crippen LogP contribution in [0.3, 0.4) is 0 Å². The molecule has 1 fully saturated rings. The molecule has 1 aliphatic heterocycles. The zero-order valence-corrected chi connectivity index (χ0v) is 15.3. The Morgan fingerprint density at radius 2 is 2.10 bits per heavy atom. The minimum Gasteiger partial charge on any atom is -0.308 e. The monoisotopic (exact) mass is 309 g/mol. The summed E-state index contributed by atoms with van der Waals surface area (Å²) in [4.78, 5) is 8.69. The van der Waals surface area contributed by atoms with E-state index in [1.165, 1.54) is 41.4 Å². The Hall–Kier alpha value is -0.450. The first-order chi connectivity index (χ1) is 9.79. The lowest BCUT2D eigenvalue weighted by Gasteiger charge is -2.33. The van der Waals surface area contributed by atoms with E-state index in [2.05, 4.69) is 51.9 Å². The third kappa shape index (κ3) is 4.27. The number of thiazole rings is 1. The van der Waals surface area contributed by atoms with Crippen molar-refractivity contribution in [2.24, 2.45) is 0 Å². The number of rotatable bonds is 4. The van der Waals surface area contributed by atoms with Crippen molar-refractivity contribution < 1.29 is 0 Å². The summed E-state index contributed by atoms with van der Waals surface area (Å²) in [6.45, 7) is 13.5. The van der Waals surface area contributed by atoms with Gasteiger partial charge in [-0.15, -0.1) is 11.3 Å². The van der Waals surface area contributed by atoms with Crippen molar-refractivity contribution >= 4 is 11.3 Å². The van der Waals surface area contributed by atoms with Crippen LogP contribution < -0.4 is 5.32 Å². The van der Waals surface area contributed by atoms with Crippen molar-refractivity contribution in [1.82, 2.24) is 15.2 Å². The van der Waals surface area contributed by atoms with Gasteiger partial charge >= 0.3 is 0 Å². The summed E-state index contributed by atoms with van der Waals surface area (Å²) in [5.41, 5.74) is 1.35. The van der Waals surface area contributed by atoms with Crippen LogP contribution in [0.15, 0.2) is 0 Å². The van der Waals surface area contributed by atoms with Gasteiger partial charge in [0.1, 0.15) is 0 Å². The molecular weight excluding hydrogens is 278 g/mol. The zero-order valence-electron chi connectivity index (χ0n) is 14.5. The standard InChI is InChI=1S/C17H31N3S/c1-12(18-11-14-9-7-8-10-20(14)6)15-13(2)19-16(21-15)17(3,4)5/h12,14,18H,7-11H2,1-6H3. The van der Waals surface area contributed by atoms with Crippen molar-refractivity contribution in [1.29, 1.82) is 0 Å². The van der Waals surface area contributed by atoms with E-state index in [0.29, 0.717) is 12.1 Å². The second-order valence-electron chi connectivity index (χ2n) is 7.48. The van der Waals surface area contributed by atoms with Crippen LogP contribution in [0.5, 0.6) is 0 Å². The highest BCUT2D eigenvalue weighted by molar-refractivity contribution is 7.12. The molecule has 1 aromatic heterocycles. The van der Waals surface area contributed by atoms with E-state index in [9.17, 15) is 0 Å². The topological polar surface area (TPSA) is 28.2 Å². The minimum atomic E-state index is 0.150. The highest BCUT2D eigenvalue weighted by Gasteiger charge is 2.24. The largest absolute Gasteiger partial charge is 0.308 e. The zero-order chi connectivity index (χ0) is 15.6. The minimum absolute atomic E-state index is 0.150. The Bertz CT molecular complexity index is 461. The molecule has 0 saturated carbocycles. The maximum absolute atomic E-state index is 4.78. The molecule has 0 aliphatic carbocycles. The van der Waals surface area contributed by atoms with Crippen molar-refractivity contribution in [3.63, 3.8) is 0 Å². The van der Waals surface area contributed by atoms with Crippen LogP contribution in [-0.4, -0.2) is 36.1 Å². The average molecular weight is 310 g/mol. The summed E-state index contributed by atoms with van der Waals surface area (Å²) in [5, 5.41) is 4.98. The van der Waals surface area contributed by atoms with E-state index in [0.717, 1.165) is 6.54 Å². The van der Waals surface area contributed by atoms with E-state index in [4.69, 9.17) is 4.98 Å². The normalized spacial score (nSPS) is 22.5. The van der Waals surface area contributed by atoms with E-state index >= 15 is 0 Å². The van der Waals surface area contributed by atoms with Crippen molar-refractivity contribution in [3.05, 3.63) is 15.6 Å². The number of likely N-dealkylation sites (N-methyl/N-ethyl adjacent to an activating group) is 1. The molecule has 1 saturated heterocycles. The second kappa shape index (κ2) is 6.76. The Balaban J connectivity index is 1.97. The average Bonchev–Trinajstić information content (AvgIpc) is 2.80. The number of nitrogens with one attached hydrogen (secondary N) is 1. The number of hydrogen-bond acceptors (Lipinski definition) is 4. The Morgan fingerprint density at radius 3 is 2.67 bits per heavy atom. The molecule has 4 heteroatoms. The van der Waals surface area contributed by atoms with Crippen LogP contribution in [0.1, 0.15) is 68.6 Å². The van der Waals surface area contributed by atoms with Crippen LogP contribution in [0.25, 0.3) is 0 Å². The van der Waals surface area contributed by atoms with E-state index in [1.54, 1.807) is 0 Å². The number of piperidine rings is 1. The van der Waals surface area contributed by atoms with Crippen LogP contribution in [-0.2, 0) is 5.41 Å². The van der Waals surface area contributed by atoms with Crippen molar-refractivity contribution in [2.75, 3.05) is 20.1 Å². The summed E-state index contributed by atoms with van der Waals surface area (Å²) in [5.74, 6) is 0. The first-order valence-electron chi connectivity index (χ1n) is 8.20. The number of aromatic nitrogens is 1. The van der Waals surface area contributed by atoms with Gasteiger partial charge in [0, 0.05) is 28.9 Å². The van der Waals surface area contributed by atoms with Gasteiger partial charge in [-0.1, -0.05) is 27.2 Å². The summed E-state index contributed by atoms with van der Waals surface area (Å²) >= 11 is 1.87. The molecule has 3 nitrogen and oxygen atoms in total. The molecule has 2 unspecified atom stereocenters. The fourth-order valence-corrected chi connectivity index (χ4v) is 4.09. The molecule has 0 bridgehead atoms. The molecule has 0 radical (unpaired) electrons. The maximum Gasteiger partial charge on any atom is 0.0985 e. The lowest BCUT2D eigenvalue weighted by Crippen LogP contribution is -2.43. The SMILES string of the molecule is Cc1nc(C(C)(C)C)sc1C(C)NCC1CCCCN1C. The van der Waals surface area contributed by atoms with Gasteiger partial charge in [0.2, 0.25) is 0 Å². The molecule has 1 aliphatic rings. The van der Waals surface area contributed by atoms with Gasteiger partial charge in [0.15, 0.2) is 0 Å². The summed E-state index contributed by atoms with van der Waals surface area (Å²) in [6.07, 6.45) is 4.05. The number of likely N-dealkylation sites (tertiary alicyclic amines) is 1. The van der Waals surface area contributed by atoms with E-state index in [1.807, 2.05) is 11.3 Å². The molecule has 120 valence electrons. The molecule has 2 atom stereocenters. The van der Waals surface area contributed by atoms with Crippen LogP contribution in [0.4, 0.5) is 0 Å². The third-order valence-corrected chi connectivity index (χ3v) is 6.21. The lowest BCUT2D eigenvalue weighted by molar-refractivity contribution is 0.178. The predicted molar refractivity (Wildman–Crippen MR) is 92.2 cm³/mol. The maximum atomic E-state index is 4.78. The first-order valence-corrected chi connectivity index (χ1v) is 9.02. The highest BCUT2D eigenvalue weighted by atomic mass is 32.1. The molecule has 0 aromatic carbocycles. The number of nitrogens with zero attached hydrogens (tertiary/aromatic N) is 2. The smallest absolute Gasteiger partial charge is 0.0985 e. The quantitative estimate of drug-likeness (QED) is 0.914. The summed E-state index contributed by atoms with van der Waals surface area (Å²) in [6, 6.07) is 1.09. The van der Waals surface area contributed by atoms with Gasteiger partial charge < -0.3 is 10.2 Å². The van der Waals surface area contributed by atoms with Gasteiger partial charge in [-0.2, -0.15) is 0 Å². The van der Waals surface area contributed by atoms with Gasteiger partial charge in [-0.05, 0) is 40.3 Å². The van der Waals surface area contributed by atoms with Crippen LogP contribution in [0.2, 0.25) is 0 Å². The number of hydrogen-bond donors (Lipinski definition) is 1. The molecule has 2 rings (SSSR count). The molecule has 21 heavy (non-hydrogen) atoms. The molecule has 0 amide bonds. The fourth-order valence-electron chi connectivity index (χ4n) is 2.94. The highest BCUT2D eigenvalue weighted by Crippen LogP contribution is 2.32. The van der Waals surface area contributed by atoms with E-state index in [-0.39, 0.29) is 5.41 Å².